The fourth-order valence-corrected chi connectivity index (χ4v) is 2.73. The summed E-state index contributed by atoms with van der Waals surface area (Å²) >= 11 is 6.07. The lowest BCUT2D eigenvalue weighted by molar-refractivity contribution is 0.0696. The van der Waals surface area contributed by atoms with Crippen LogP contribution in [0.1, 0.15) is 42.5 Å². The fourth-order valence-electron chi connectivity index (χ4n) is 2.53. The van der Waals surface area contributed by atoms with Crippen LogP contribution in [0.25, 0.3) is 0 Å². The minimum Gasteiger partial charge on any atom is -0.399 e. The number of nitrogens with two attached hydrogens (primary N) is 1. The average molecular weight is 267 g/mol. The second-order valence-corrected chi connectivity index (χ2v) is 5.35. The maximum atomic E-state index is 12.4. The number of benzene rings is 1. The molecule has 18 heavy (non-hydrogen) atoms. The van der Waals surface area contributed by atoms with Gasteiger partial charge in [0.2, 0.25) is 0 Å². The van der Waals surface area contributed by atoms with E-state index < -0.39 is 0 Å². The van der Waals surface area contributed by atoms with Crippen LogP contribution < -0.4 is 5.73 Å². The molecule has 98 valence electrons. The van der Waals surface area contributed by atoms with Crippen LogP contribution in [0.3, 0.4) is 0 Å². The van der Waals surface area contributed by atoms with Gasteiger partial charge >= 0.3 is 0 Å². The highest BCUT2D eigenvalue weighted by Crippen LogP contribution is 2.25. The zero-order valence-electron chi connectivity index (χ0n) is 10.7. The molecule has 1 aromatic rings. The van der Waals surface area contributed by atoms with E-state index in [2.05, 4.69) is 0 Å². The van der Waals surface area contributed by atoms with Gasteiger partial charge in [0.25, 0.3) is 5.91 Å². The molecule has 1 saturated carbocycles. The standard InChI is InChI=1S/C14H19ClN2O/c1-17(11-5-3-2-4-6-11)14(18)12-9-10(16)7-8-13(12)15/h7-9,11H,2-6,16H2,1H3. The number of hydrogen-bond acceptors (Lipinski definition) is 2. The van der Waals surface area contributed by atoms with Crippen molar-refractivity contribution in [2.45, 2.75) is 38.1 Å². The highest BCUT2D eigenvalue weighted by molar-refractivity contribution is 6.34. The first-order valence-corrected chi connectivity index (χ1v) is 6.79. The van der Waals surface area contributed by atoms with Crippen molar-refractivity contribution in [2.24, 2.45) is 0 Å². The molecule has 0 unspecified atom stereocenters. The van der Waals surface area contributed by atoms with E-state index in [9.17, 15) is 4.79 Å². The van der Waals surface area contributed by atoms with E-state index in [1.165, 1.54) is 19.3 Å². The van der Waals surface area contributed by atoms with Crippen molar-refractivity contribution in [2.75, 3.05) is 12.8 Å². The van der Waals surface area contributed by atoms with Crippen molar-refractivity contribution in [3.05, 3.63) is 28.8 Å². The summed E-state index contributed by atoms with van der Waals surface area (Å²) in [6.45, 7) is 0. The molecule has 0 radical (unpaired) electrons. The predicted octanol–water partition coefficient (Wildman–Crippen LogP) is 3.33. The van der Waals surface area contributed by atoms with Gasteiger partial charge in [-0.1, -0.05) is 30.9 Å². The number of rotatable bonds is 2. The van der Waals surface area contributed by atoms with Gasteiger partial charge in [-0.3, -0.25) is 4.79 Å². The molecule has 1 aromatic carbocycles. The molecular formula is C14H19ClN2O. The lowest BCUT2D eigenvalue weighted by atomic mass is 9.94. The minimum atomic E-state index is -0.0285. The molecule has 2 N–H and O–H groups in total. The van der Waals surface area contributed by atoms with Crippen LogP contribution in [0.15, 0.2) is 18.2 Å². The van der Waals surface area contributed by atoms with Gasteiger partial charge in [-0.05, 0) is 31.0 Å². The molecule has 0 aromatic heterocycles. The summed E-state index contributed by atoms with van der Waals surface area (Å²) in [4.78, 5) is 14.2. The second kappa shape index (κ2) is 5.61. The van der Waals surface area contributed by atoms with E-state index in [0.29, 0.717) is 22.3 Å². The SMILES string of the molecule is CN(C(=O)c1cc(N)ccc1Cl)C1CCCCC1. The van der Waals surface area contributed by atoms with E-state index in [4.69, 9.17) is 17.3 Å². The van der Waals surface area contributed by atoms with Gasteiger partial charge in [0, 0.05) is 18.8 Å². The van der Waals surface area contributed by atoms with Crippen molar-refractivity contribution >= 4 is 23.2 Å². The smallest absolute Gasteiger partial charge is 0.255 e. The Morgan fingerprint density at radius 1 is 1.33 bits per heavy atom. The topological polar surface area (TPSA) is 46.3 Å². The van der Waals surface area contributed by atoms with E-state index in [-0.39, 0.29) is 5.91 Å². The Kier molecular flexibility index (Phi) is 4.12. The number of anilines is 1. The summed E-state index contributed by atoms with van der Waals surface area (Å²) in [7, 11) is 1.86. The molecular weight excluding hydrogens is 248 g/mol. The molecule has 0 aliphatic heterocycles. The lowest BCUT2D eigenvalue weighted by Gasteiger charge is -2.31. The lowest BCUT2D eigenvalue weighted by Crippen LogP contribution is -2.38. The predicted molar refractivity (Wildman–Crippen MR) is 74.8 cm³/mol. The van der Waals surface area contributed by atoms with E-state index in [0.717, 1.165) is 12.8 Å². The minimum absolute atomic E-state index is 0.0285. The average Bonchev–Trinajstić information content (AvgIpc) is 2.41. The maximum absolute atomic E-state index is 12.4. The summed E-state index contributed by atoms with van der Waals surface area (Å²) in [6, 6.07) is 5.38. The Hall–Kier alpha value is -1.22. The largest absolute Gasteiger partial charge is 0.399 e. The Morgan fingerprint density at radius 3 is 2.67 bits per heavy atom. The number of carbonyl (C=O) groups excluding carboxylic acids is 1. The highest BCUT2D eigenvalue weighted by Gasteiger charge is 2.24. The molecule has 0 bridgehead atoms. The van der Waals surface area contributed by atoms with Crippen molar-refractivity contribution in [1.82, 2.24) is 4.90 Å². The molecule has 0 heterocycles. The van der Waals surface area contributed by atoms with E-state index >= 15 is 0 Å². The van der Waals surface area contributed by atoms with Crippen molar-refractivity contribution in [3.63, 3.8) is 0 Å². The number of hydrogen-bond donors (Lipinski definition) is 1. The Morgan fingerprint density at radius 2 is 2.00 bits per heavy atom. The molecule has 0 atom stereocenters. The van der Waals surface area contributed by atoms with Crippen LogP contribution in [0.5, 0.6) is 0 Å². The Bertz CT molecular complexity index is 441. The first-order valence-electron chi connectivity index (χ1n) is 6.42. The monoisotopic (exact) mass is 266 g/mol. The van der Waals surface area contributed by atoms with Crippen LogP contribution in [-0.4, -0.2) is 23.9 Å². The van der Waals surface area contributed by atoms with Gasteiger partial charge in [0.05, 0.1) is 10.6 Å². The van der Waals surface area contributed by atoms with Gasteiger partial charge in [-0.2, -0.15) is 0 Å². The van der Waals surface area contributed by atoms with Crippen molar-refractivity contribution < 1.29 is 4.79 Å². The molecule has 1 fully saturated rings. The van der Waals surface area contributed by atoms with Crippen LogP contribution in [0.4, 0.5) is 5.69 Å². The molecule has 1 aliphatic carbocycles. The van der Waals surface area contributed by atoms with Gasteiger partial charge in [0.15, 0.2) is 0 Å². The first kappa shape index (κ1) is 13.2. The molecule has 0 saturated heterocycles. The maximum Gasteiger partial charge on any atom is 0.255 e. The van der Waals surface area contributed by atoms with Crippen molar-refractivity contribution in [3.8, 4) is 0 Å². The van der Waals surface area contributed by atoms with Gasteiger partial charge < -0.3 is 10.6 Å². The Balaban J connectivity index is 2.16. The van der Waals surface area contributed by atoms with E-state index in [1.807, 2.05) is 11.9 Å². The number of nitrogen functional groups attached to an aromatic ring is 1. The number of nitrogens with zero attached hydrogens (tertiary/aromatic N) is 1. The number of amides is 1. The summed E-state index contributed by atoms with van der Waals surface area (Å²) < 4.78 is 0. The number of halogens is 1. The molecule has 2 rings (SSSR count). The molecule has 3 nitrogen and oxygen atoms in total. The zero-order valence-corrected chi connectivity index (χ0v) is 11.4. The summed E-state index contributed by atoms with van der Waals surface area (Å²) in [6.07, 6.45) is 5.85. The van der Waals surface area contributed by atoms with Crippen molar-refractivity contribution in [1.29, 1.82) is 0 Å². The molecule has 1 amide bonds. The van der Waals surface area contributed by atoms with E-state index in [1.54, 1.807) is 18.2 Å². The summed E-state index contributed by atoms with van der Waals surface area (Å²) in [5.41, 5.74) is 6.79. The van der Waals surface area contributed by atoms with Gasteiger partial charge in [-0.15, -0.1) is 0 Å². The van der Waals surface area contributed by atoms with Crippen LogP contribution in [0, 0.1) is 0 Å². The fraction of sp³-hybridized carbons (Fsp3) is 0.500. The number of carbonyl (C=O) groups is 1. The summed E-state index contributed by atoms with van der Waals surface area (Å²) in [5, 5.41) is 0.469. The highest BCUT2D eigenvalue weighted by atomic mass is 35.5. The van der Waals surface area contributed by atoms with Gasteiger partial charge in [-0.25, -0.2) is 0 Å². The first-order chi connectivity index (χ1) is 8.59. The molecule has 4 heteroatoms. The van der Waals surface area contributed by atoms with Crippen LogP contribution in [-0.2, 0) is 0 Å². The second-order valence-electron chi connectivity index (χ2n) is 4.95. The van der Waals surface area contributed by atoms with Crippen LogP contribution >= 0.6 is 11.6 Å². The third-order valence-electron chi connectivity index (χ3n) is 3.66. The Labute approximate surface area is 113 Å². The summed E-state index contributed by atoms with van der Waals surface area (Å²) in [5.74, 6) is -0.0285. The van der Waals surface area contributed by atoms with Crippen LogP contribution in [0.2, 0.25) is 5.02 Å². The third-order valence-corrected chi connectivity index (χ3v) is 3.99. The zero-order chi connectivity index (χ0) is 13.1. The third kappa shape index (κ3) is 2.78. The molecule has 0 spiro atoms. The quantitative estimate of drug-likeness (QED) is 0.835. The molecule has 1 aliphatic rings. The van der Waals surface area contributed by atoms with Gasteiger partial charge in [0.1, 0.15) is 0 Å². The normalized spacial score (nSPS) is 16.6.